The minimum atomic E-state index is -0.0585. The highest BCUT2D eigenvalue weighted by molar-refractivity contribution is 14.1. The zero-order valence-corrected chi connectivity index (χ0v) is 11.3. The Hall–Kier alpha value is -1.03. The molecular weight excluding hydrogens is 341 g/mol. The molecule has 6 nitrogen and oxygen atoms in total. The molecule has 0 saturated carbocycles. The van der Waals surface area contributed by atoms with Crippen molar-refractivity contribution < 1.29 is 0 Å². The maximum atomic E-state index is 11.7. The van der Waals surface area contributed by atoms with Crippen molar-refractivity contribution in [1.82, 2.24) is 19.7 Å². The van der Waals surface area contributed by atoms with E-state index in [9.17, 15) is 4.79 Å². The van der Waals surface area contributed by atoms with Gasteiger partial charge in [0.25, 0.3) is 5.56 Å². The van der Waals surface area contributed by atoms with Crippen molar-refractivity contribution in [3.63, 3.8) is 0 Å². The Bertz CT molecular complexity index is 551. The third kappa shape index (κ3) is 2.38. The van der Waals surface area contributed by atoms with E-state index in [1.165, 1.54) is 22.2 Å². The van der Waals surface area contributed by atoms with E-state index in [0.717, 1.165) is 10.1 Å². The Kier molecular flexibility index (Phi) is 3.49. The van der Waals surface area contributed by atoms with E-state index in [0.29, 0.717) is 10.1 Å². The van der Waals surface area contributed by atoms with Gasteiger partial charge in [0.05, 0.1) is 16.4 Å². The number of rotatable bonds is 3. The summed E-state index contributed by atoms with van der Waals surface area (Å²) in [6.45, 7) is 0.405. The van der Waals surface area contributed by atoms with Gasteiger partial charge in [0, 0.05) is 13.2 Å². The summed E-state index contributed by atoms with van der Waals surface area (Å²) in [5.74, 6) is 0. The Balaban J connectivity index is 2.27. The molecule has 0 aliphatic rings. The molecule has 0 radical (unpaired) electrons. The summed E-state index contributed by atoms with van der Waals surface area (Å²) in [5.41, 5.74) is -0.0585. The zero-order chi connectivity index (χ0) is 11.5. The molecule has 2 aromatic heterocycles. The number of hydrogen-bond acceptors (Lipinski definition) is 6. The van der Waals surface area contributed by atoms with Crippen LogP contribution in [0.5, 0.6) is 0 Å². The van der Waals surface area contributed by atoms with Crippen molar-refractivity contribution in [1.29, 1.82) is 0 Å². The first-order valence-electron chi connectivity index (χ1n) is 4.41. The van der Waals surface area contributed by atoms with Crippen LogP contribution in [0.15, 0.2) is 17.3 Å². The third-order valence-corrected chi connectivity index (χ3v) is 3.51. The molecule has 2 rings (SSSR count). The van der Waals surface area contributed by atoms with Gasteiger partial charge in [-0.2, -0.15) is 0 Å². The molecule has 16 heavy (non-hydrogen) atoms. The largest absolute Gasteiger partial charge is 0.363 e. The predicted molar refractivity (Wildman–Crippen MR) is 69.8 cm³/mol. The second kappa shape index (κ2) is 4.87. The molecule has 2 heterocycles. The molecular formula is C8H8IN5OS. The van der Waals surface area contributed by atoms with Crippen LogP contribution >= 0.6 is 33.9 Å². The monoisotopic (exact) mass is 349 g/mol. The van der Waals surface area contributed by atoms with Crippen molar-refractivity contribution in [3.05, 3.63) is 31.5 Å². The summed E-state index contributed by atoms with van der Waals surface area (Å²) >= 11 is 3.38. The standard InChI is InChI=1S/C8H8IN5OS/c1-10-8-13-12-6(16-8)3-14-4-11-2-5(9)7(14)15/h2,4H,3H2,1H3,(H,10,13). The lowest BCUT2D eigenvalue weighted by Gasteiger charge is -2.00. The fraction of sp³-hybridized carbons (Fsp3) is 0.250. The molecule has 0 aromatic carbocycles. The Morgan fingerprint density at radius 1 is 1.56 bits per heavy atom. The number of nitrogens with one attached hydrogen (secondary N) is 1. The average Bonchev–Trinajstić information content (AvgIpc) is 2.73. The van der Waals surface area contributed by atoms with Crippen molar-refractivity contribution in [2.45, 2.75) is 6.54 Å². The van der Waals surface area contributed by atoms with Crippen molar-refractivity contribution in [2.75, 3.05) is 12.4 Å². The minimum Gasteiger partial charge on any atom is -0.363 e. The molecule has 0 spiro atoms. The molecule has 0 saturated heterocycles. The maximum Gasteiger partial charge on any atom is 0.267 e. The SMILES string of the molecule is CNc1nnc(Cn2cncc(I)c2=O)s1. The van der Waals surface area contributed by atoms with Crippen LogP contribution in [0, 0.1) is 3.57 Å². The van der Waals surface area contributed by atoms with Crippen LogP contribution in [0.3, 0.4) is 0 Å². The van der Waals surface area contributed by atoms with Crippen molar-refractivity contribution >= 4 is 39.1 Å². The van der Waals surface area contributed by atoms with E-state index in [2.05, 4.69) is 20.5 Å². The van der Waals surface area contributed by atoms with Gasteiger partial charge in [0.2, 0.25) is 5.13 Å². The maximum absolute atomic E-state index is 11.7. The van der Waals surface area contributed by atoms with E-state index in [1.54, 1.807) is 13.2 Å². The van der Waals surface area contributed by atoms with Gasteiger partial charge in [-0.25, -0.2) is 4.98 Å². The number of nitrogens with zero attached hydrogens (tertiary/aromatic N) is 4. The molecule has 84 valence electrons. The van der Waals surface area contributed by atoms with Crippen LogP contribution in [0.1, 0.15) is 5.01 Å². The molecule has 0 atom stereocenters. The van der Waals surface area contributed by atoms with E-state index in [1.807, 2.05) is 22.6 Å². The summed E-state index contributed by atoms with van der Waals surface area (Å²) in [7, 11) is 1.78. The number of halogens is 1. The summed E-state index contributed by atoms with van der Waals surface area (Å²) < 4.78 is 2.11. The van der Waals surface area contributed by atoms with E-state index >= 15 is 0 Å². The van der Waals surface area contributed by atoms with Crippen LogP contribution in [-0.2, 0) is 6.54 Å². The summed E-state index contributed by atoms with van der Waals surface area (Å²) in [6.07, 6.45) is 3.05. The third-order valence-electron chi connectivity index (χ3n) is 1.85. The highest BCUT2D eigenvalue weighted by Gasteiger charge is 2.06. The quantitative estimate of drug-likeness (QED) is 0.830. The lowest BCUT2D eigenvalue weighted by Crippen LogP contribution is -2.22. The highest BCUT2D eigenvalue weighted by atomic mass is 127. The molecule has 0 aliphatic carbocycles. The van der Waals surface area contributed by atoms with Gasteiger partial charge in [-0.05, 0) is 22.6 Å². The summed E-state index contributed by atoms with van der Waals surface area (Å²) in [5, 5.41) is 12.3. The Morgan fingerprint density at radius 2 is 2.38 bits per heavy atom. The fourth-order valence-electron chi connectivity index (χ4n) is 1.10. The summed E-state index contributed by atoms with van der Waals surface area (Å²) in [6, 6.07) is 0. The van der Waals surface area contributed by atoms with Gasteiger partial charge >= 0.3 is 0 Å². The van der Waals surface area contributed by atoms with Gasteiger partial charge in [-0.3, -0.25) is 9.36 Å². The van der Waals surface area contributed by atoms with Gasteiger partial charge in [-0.15, -0.1) is 10.2 Å². The number of anilines is 1. The van der Waals surface area contributed by atoms with Gasteiger partial charge in [0.15, 0.2) is 0 Å². The van der Waals surface area contributed by atoms with Gasteiger partial charge < -0.3 is 5.32 Å². The second-order valence-corrected chi connectivity index (χ2v) is 5.15. The highest BCUT2D eigenvalue weighted by Crippen LogP contribution is 2.14. The van der Waals surface area contributed by atoms with E-state index in [-0.39, 0.29) is 5.56 Å². The molecule has 2 aromatic rings. The fourth-order valence-corrected chi connectivity index (χ4v) is 2.26. The first kappa shape index (κ1) is 11.5. The number of aromatic nitrogens is 4. The van der Waals surface area contributed by atoms with Crippen LogP contribution in [0.2, 0.25) is 0 Å². The molecule has 8 heteroatoms. The summed E-state index contributed by atoms with van der Waals surface area (Å²) in [4.78, 5) is 15.7. The lowest BCUT2D eigenvalue weighted by molar-refractivity contribution is 0.718. The topological polar surface area (TPSA) is 72.7 Å². The van der Waals surface area contributed by atoms with E-state index < -0.39 is 0 Å². The molecule has 0 aliphatic heterocycles. The van der Waals surface area contributed by atoms with E-state index in [4.69, 9.17) is 0 Å². The van der Waals surface area contributed by atoms with Crippen LogP contribution < -0.4 is 10.9 Å². The average molecular weight is 349 g/mol. The van der Waals surface area contributed by atoms with Crippen LogP contribution in [0.25, 0.3) is 0 Å². The minimum absolute atomic E-state index is 0.0585. The normalized spacial score (nSPS) is 10.4. The first-order chi connectivity index (χ1) is 7.70. The van der Waals surface area contributed by atoms with Crippen LogP contribution in [-0.4, -0.2) is 26.8 Å². The lowest BCUT2D eigenvalue weighted by atomic mass is 10.6. The smallest absolute Gasteiger partial charge is 0.267 e. The molecule has 1 N–H and O–H groups in total. The van der Waals surface area contributed by atoms with Gasteiger partial charge in [-0.1, -0.05) is 11.3 Å². The first-order valence-corrected chi connectivity index (χ1v) is 6.30. The second-order valence-electron chi connectivity index (χ2n) is 2.93. The molecule has 0 amide bonds. The van der Waals surface area contributed by atoms with Gasteiger partial charge in [0.1, 0.15) is 5.01 Å². The predicted octanol–water partition coefficient (Wildman–Crippen LogP) is 0.789. The molecule has 0 bridgehead atoms. The zero-order valence-electron chi connectivity index (χ0n) is 8.35. The molecule has 0 unspecified atom stereocenters. The molecule has 0 fully saturated rings. The van der Waals surface area contributed by atoms with Crippen molar-refractivity contribution in [2.24, 2.45) is 0 Å². The Morgan fingerprint density at radius 3 is 3.06 bits per heavy atom. The van der Waals surface area contributed by atoms with Crippen molar-refractivity contribution in [3.8, 4) is 0 Å². The Labute approximate surface area is 109 Å². The van der Waals surface area contributed by atoms with Crippen LogP contribution in [0.4, 0.5) is 5.13 Å². The number of hydrogen-bond donors (Lipinski definition) is 1.